The van der Waals surface area contributed by atoms with Crippen LogP contribution in [0.5, 0.6) is 0 Å². The highest BCUT2D eigenvalue weighted by atomic mass is 16.5. The lowest BCUT2D eigenvalue weighted by atomic mass is 10.3. The Morgan fingerprint density at radius 2 is 1.92 bits per heavy atom. The highest BCUT2D eigenvalue weighted by Crippen LogP contribution is 2.03. The molecule has 2 heteroatoms. The van der Waals surface area contributed by atoms with Crippen LogP contribution in [0, 0.1) is 0 Å². The third-order valence-corrected chi connectivity index (χ3v) is 1.35. The van der Waals surface area contributed by atoms with Crippen molar-refractivity contribution in [2.45, 2.75) is 0 Å². The Morgan fingerprint density at radius 3 is 2.69 bits per heavy atom. The van der Waals surface area contributed by atoms with Gasteiger partial charge in [-0.3, -0.25) is 0 Å². The number of ether oxygens (including phenoxy) is 1. The van der Waals surface area contributed by atoms with Crippen molar-refractivity contribution in [2.75, 3.05) is 0 Å². The zero-order valence-electron chi connectivity index (χ0n) is 7.14. The maximum Gasteiger partial charge on any atom is 0.335 e. The molecule has 0 aliphatic heterocycles. The second kappa shape index (κ2) is 4.93. The topological polar surface area (TPSA) is 26.3 Å². The number of esters is 1. The first-order chi connectivity index (χ1) is 6.33. The van der Waals surface area contributed by atoms with E-state index in [9.17, 15) is 4.79 Å². The molecule has 0 unspecified atom stereocenters. The van der Waals surface area contributed by atoms with Crippen LogP contribution in [0.3, 0.4) is 0 Å². The molecular weight excluding hydrogens is 164 g/mol. The molecule has 0 atom stereocenters. The van der Waals surface area contributed by atoms with Gasteiger partial charge in [-0.25, -0.2) is 4.79 Å². The lowest BCUT2D eigenvalue weighted by molar-refractivity contribution is -0.133. The molecule has 1 rings (SSSR count). The van der Waals surface area contributed by atoms with E-state index in [2.05, 4.69) is 6.58 Å². The molecule has 13 heavy (non-hydrogen) atoms. The molecule has 0 heterocycles. The van der Waals surface area contributed by atoms with Gasteiger partial charge in [0.2, 0.25) is 0 Å². The van der Waals surface area contributed by atoms with Crippen LogP contribution in [0.2, 0.25) is 0 Å². The van der Waals surface area contributed by atoms with Crippen LogP contribution < -0.4 is 0 Å². The average Bonchev–Trinajstić information content (AvgIpc) is 2.09. The molecule has 1 aliphatic rings. The predicted molar refractivity (Wildman–Crippen MR) is 51.8 cm³/mol. The summed E-state index contributed by atoms with van der Waals surface area (Å²) in [6, 6.07) is 0. The van der Waals surface area contributed by atoms with Gasteiger partial charge in [0.15, 0.2) is 0 Å². The van der Waals surface area contributed by atoms with Gasteiger partial charge in [0.1, 0.15) is 5.76 Å². The Bertz CT molecular complexity index is 317. The van der Waals surface area contributed by atoms with Crippen molar-refractivity contribution in [1.29, 1.82) is 0 Å². The number of hydrogen-bond acceptors (Lipinski definition) is 2. The molecule has 2 nitrogen and oxygen atoms in total. The van der Waals surface area contributed by atoms with E-state index in [-0.39, 0.29) is 0 Å². The van der Waals surface area contributed by atoms with E-state index in [1.54, 1.807) is 24.3 Å². The number of rotatable bonds is 2. The Morgan fingerprint density at radius 1 is 1.23 bits per heavy atom. The van der Waals surface area contributed by atoms with Crippen LogP contribution in [-0.4, -0.2) is 5.97 Å². The number of allylic oxidation sites excluding steroid dienone is 7. The normalized spacial score (nSPS) is 14.3. The number of carbonyl (C=O) groups is 1. The van der Waals surface area contributed by atoms with E-state index in [0.29, 0.717) is 5.76 Å². The fourth-order valence-corrected chi connectivity index (χ4v) is 0.775. The Kier molecular flexibility index (Phi) is 3.51. The Hall–Kier alpha value is -1.83. The molecule has 0 saturated heterocycles. The van der Waals surface area contributed by atoms with E-state index >= 15 is 0 Å². The van der Waals surface area contributed by atoms with Crippen LogP contribution in [0.4, 0.5) is 0 Å². The second-order valence-electron chi connectivity index (χ2n) is 2.32. The molecule has 0 amide bonds. The van der Waals surface area contributed by atoms with Crippen molar-refractivity contribution in [3.63, 3.8) is 0 Å². The standard InChI is InChI=1S/C11H10O2/c1-2-11(12)13-10-8-6-4-3-5-7-9-10/h2-9H,1H2. The van der Waals surface area contributed by atoms with Gasteiger partial charge in [0.05, 0.1) is 0 Å². The Balaban J connectivity index is 2.68. The van der Waals surface area contributed by atoms with Gasteiger partial charge in [-0.2, -0.15) is 0 Å². The van der Waals surface area contributed by atoms with Crippen molar-refractivity contribution in [3.8, 4) is 0 Å². The maximum absolute atomic E-state index is 10.8. The number of hydrogen-bond donors (Lipinski definition) is 0. The van der Waals surface area contributed by atoms with E-state index in [1.165, 1.54) is 0 Å². The third kappa shape index (κ3) is 3.38. The van der Waals surface area contributed by atoms with Gasteiger partial charge in [-0.1, -0.05) is 37.0 Å². The lowest BCUT2D eigenvalue weighted by Crippen LogP contribution is -1.98. The fraction of sp³-hybridized carbons (Fsp3) is 0. The summed E-state index contributed by atoms with van der Waals surface area (Å²) in [4.78, 5) is 10.8. The quantitative estimate of drug-likeness (QED) is 0.474. The summed E-state index contributed by atoms with van der Waals surface area (Å²) in [5, 5.41) is 0. The van der Waals surface area contributed by atoms with Crippen LogP contribution in [0.25, 0.3) is 0 Å². The second-order valence-corrected chi connectivity index (χ2v) is 2.32. The minimum absolute atomic E-state index is 0.450. The van der Waals surface area contributed by atoms with Gasteiger partial charge in [-0.05, 0) is 12.2 Å². The molecule has 66 valence electrons. The molecule has 0 spiro atoms. The summed E-state index contributed by atoms with van der Waals surface area (Å²) < 4.78 is 4.91. The zero-order chi connectivity index (χ0) is 9.52. The number of carbonyl (C=O) groups excluding carboxylic acids is 1. The average molecular weight is 174 g/mol. The molecule has 0 aromatic rings. The molecule has 0 saturated carbocycles. The van der Waals surface area contributed by atoms with Crippen molar-refractivity contribution < 1.29 is 9.53 Å². The van der Waals surface area contributed by atoms with Gasteiger partial charge < -0.3 is 4.74 Å². The van der Waals surface area contributed by atoms with Crippen LogP contribution in [-0.2, 0) is 9.53 Å². The molecule has 0 N–H and O–H groups in total. The first-order valence-corrected chi connectivity index (χ1v) is 3.89. The lowest BCUT2D eigenvalue weighted by Gasteiger charge is -2.00. The fourth-order valence-electron chi connectivity index (χ4n) is 0.775. The van der Waals surface area contributed by atoms with Gasteiger partial charge >= 0.3 is 5.97 Å². The summed E-state index contributed by atoms with van der Waals surface area (Å²) >= 11 is 0. The van der Waals surface area contributed by atoms with E-state index in [1.807, 2.05) is 18.2 Å². The highest BCUT2D eigenvalue weighted by Gasteiger charge is 1.97. The molecular formula is C11H10O2. The molecule has 0 aromatic heterocycles. The van der Waals surface area contributed by atoms with Gasteiger partial charge in [0, 0.05) is 6.08 Å². The summed E-state index contributed by atoms with van der Waals surface area (Å²) in [6.45, 7) is 3.31. The van der Waals surface area contributed by atoms with Crippen LogP contribution >= 0.6 is 0 Å². The van der Waals surface area contributed by atoms with Crippen LogP contribution in [0.15, 0.2) is 60.9 Å². The third-order valence-electron chi connectivity index (χ3n) is 1.35. The molecule has 0 fully saturated rings. The van der Waals surface area contributed by atoms with Gasteiger partial charge in [0.25, 0.3) is 0 Å². The first kappa shape index (κ1) is 9.26. The maximum atomic E-state index is 10.8. The minimum Gasteiger partial charge on any atom is -0.423 e. The van der Waals surface area contributed by atoms with Gasteiger partial charge in [-0.15, -0.1) is 0 Å². The first-order valence-electron chi connectivity index (χ1n) is 3.89. The van der Waals surface area contributed by atoms with E-state index in [4.69, 9.17) is 4.74 Å². The zero-order valence-corrected chi connectivity index (χ0v) is 7.14. The molecule has 1 aliphatic carbocycles. The largest absolute Gasteiger partial charge is 0.423 e. The molecule has 0 bridgehead atoms. The highest BCUT2D eigenvalue weighted by molar-refractivity contribution is 5.82. The summed E-state index contributed by atoms with van der Waals surface area (Å²) in [7, 11) is 0. The monoisotopic (exact) mass is 174 g/mol. The van der Waals surface area contributed by atoms with E-state index < -0.39 is 5.97 Å². The minimum atomic E-state index is -0.450. The van der Waals surface area contributed by atoms with Crippen LogP contribution in [0.1, 0.15) is 0 Å². The molecule has 0 radical (unpaired) electrons. The summed E-state index contributed by atoms with van der Waals surface area (Å²) in [5.41, 5.74) is 0. The summed E-state index contributed by atoms with van der Waals surface area (Å²) in [6.07, 6.45) is 13.7. The van der Waals surface area contributed by atoms with E-state index in [0.717, 1.165) is 6.08 Å². The van der Waals surface area contributed by atoms with Crippen molar-refractivity contribution in [3.05, 3.63) is 60.9 Å². The van der Waals surface area contributed by atoms with Crippen molar-refractivity contribution >= 4 is 5.97 Å². The SMILES string of the molecule is C=CC(=O)OC1=CC=CC=CC=C1. The Labute approximate surface area is 77.2 Å². The van der Waals surface area contributed by atoms with Crippen molar-refractivity contribution in [1.82, 2.24) is 0 Å². The predicted octanol–water partition coefficient (Wildman–Crippen LogP) is 2.28. The smallest absolute Gasteiger partial charge is 0.335 e. The summed E-state index contributed by atoms with van der Waals surface area (Å²) in [5.74, 6) is 0.0550. The molecule has 0 aromatic carbocycles. The van der Waals surface area contributed by atoms with Crippen molar-refractivity contribution in [2.24, 2.45) is 0 Å².